The maximum Gasteiger partial charge on any atom is 0.196 e. The Balaban J connectivity index is 0.000000497. The summed E-state index contributed by atoms with van der Waals surface area (Å²) in [5, 5.41) is 9.30. The molecule has 0 fully saturated rings. The van der Waals surface area contributed by atoms with Gasteiger partial charge in [-0.1, -0.05) is 38.1 Å². The first-order chi connectivity index (χ1) is 10.1. The van der Waals surface area contributed by atoms with Crippen LogP contribution in [0.4, 0.5) is 0 Å². The van der Waals surface area contributed by atoms with Gasteiger partial charge in [0, 0.05) is 26.8 Å². The maximum absolute atomic E-state index is 12.6. The van der Waals surface area contributed by atoms with Gasteiger partial charge in [0.15, 0.2) is 5.43 Å². The molecule has 3 rings (SSSR count). The second-order valence-corrected chi connectivity index (χ2v) is 6.20. The predicted octanol–water partition coefficient (Wildman–Crippen LogP) is 4.54. The Hall–Kier alpha value is -1.71. The molecule has 0 unspecified atom stereocenters. The van der Waals surface area contributed by atoms with E-state index < -0.39 is 0 Å². The lowest BCUT2D eigenvalue weighted by Gasteiger charge is -2.09. The lowest BCUT2D eigenvalue weighted by molar-refractivity contribution is 0.318. The van der Waals surface area contributed by atoms with Gasteiger partial charge < -0.3 is 5.11 Å². The van der Waals surface area contributed by atoms with Crippen LogP contribution in [0.5, 0.6) is 0 Å². The average Bonchev–Trinajstić information content (AvgIpc) is 2.47. The largest absolute Gasteiger partial charge is 0.397 e. The monoisotopic (exact) mass is 300 g/mol. The Labute approximate surface area is 128 Å². The van der Waals surface area contributed by atoms with Gasteiger partial charge in [0.25, 0.3) is 0 Å². The van der Waals surface area contributed by atoms with Crippen molar-refractivity contribution in [1.29, 1.82) is 0 Å². The predicted molar refractivity (Wildman–Crippen MR) is 92.4 cm³/mol. The molecule has 0 atom stereocenters. The molecular formula is C18H20O2S. The Kier molecular flexibility index (Phi) is 5.10. The van der Waals surface area contributed by atoms with Crippen molar-refractivity contribution < 1.29 is 5.11 Å². The van der Waals surface area contributed by atoms with Crippen LogP contribution in [0.3, 0.4) is 0 Å². The molecule has 3 heteroatoms. The van der Waals surface area contributed by atoms with Crippen molar-refractivity contribution in [3.63, 3.8) is 0 Å². The molecule has 2 nitrogen and oxygen atoms in total. The number of fused-ring (bicyclic) bond motifs is 2. The molecule has 0 bridgehead atoms. The van der Waals surface area contributed by atoms with Gasteiger partial charge in [0.05, 0.1) is 0 Å². The van der Waals surface area contributed by atoms with Crippen LogP contribution in [0.15, 0.2) is 47.3 Å². The molecule has 3 aromatic rings. The lowest BCUT2D eigenvalue weighted by atomic mass is 9.98. The van der Waals surface area contributed by atoms with E-state index in [2.05, 4.69) is 19.9 Å². The molecule has 0 aliphatic carbocycles. The second kappa shape index (κ2) is 6.83. The van der Waals surface area contributed by atoms with Gasteiger partial charge in [0.2, 0.25) is 0 Å². The van der Waals surface area contributed by atoms with Crippen molar-refractivity contribution >= 4 is 31.5 Å². The van der Waals surface area contributed by atoms with Crippen LogP contribution < -0.4 is 5.43 Å². The summed E-state index contributed by atoms with van der Waals surface area (Å²) >= 11 is 1.70. The van der Waals surface area contributed by atoms with Crippen molar-refractivity contribution in [3.05, 3.63) is 58.3 Å². The summed E-state index contributed by atoms with van der Waals surface area (Å²) < 4.78 is 2.15. The molecule has 1 N–H and O–H groups in total. The third kappa shape index (κ3) is 3.14. The summed E-state index contributed by atoms with van der Waals surface area (Å²) in [5.74, 6) is 0.370. The van der Waals surface area contributed by atoms with Gasteiger partial charge >= 0.3 is 0 Å². The Morgan fingerprint density at radius 2 is 1.67 bits per heavy atom. The summed E-state index contributed by atoms with van der Waals surface area (Å²) in [6, 6.07) is 14.0. The molecule has 0 saturated carbocycles. The van der Waals surface area contributed by atoms with E-state index in [1.54, 1.807) is 18.3 Å². The number of hydrogen-bond donors (Lipinski definition) is 1. The fourth-order valence-corrected chi connectivity index (χ4v) is 3.47. The zero-order chi connectivity index (χ0) is 15.4. The average molecular weight is 300 g/mol. The molecule has 0 spiro atoms. The highest BCUT2D eigenvalue weighted by atomic mass is 32.1. The van der Waals surface area contributed by atoms with E-state index in [1.165, 1.54) is 0 Å². The number of aliphatic hydroxyl groups is 1. The van der Waals surface area contributed by atoms with Crippen LogP contribution in [-0.2, 0) is 0 Å². The molecule has 0 amide bonds. The Bertz CT molecular complexity index is 803. The van der Waals surface area contributed by atoms with Crippen LogP contribution in [-0.4, -0.2) is 11.7 Å². The van der Waals surface area contributed by atoms with Crippen molar-refractivity contribution in [2.24, 2.45) is 0 Å². The highest BCUT2D eigenvalue weighted by Crippen LogP contribution is 2.29. The summed E-state index contributed by atoms with van der Waals surface area (Å²) in [7, 11) is 0. The van der Waals surface area contributed by atoms with Crippen LogP contribution in [0.2, 0.25) is 0 Å². The molecule has 0 aliphatic rings. The highest BCUT2D eigenvalue weighted by molar-refractivity contribution is 7.24. The molecule has 110 valence electrons. The second-order valence-electron chi connectivity index (χ2n) is 5.12. The van der Waals surface area contributed by atoms with Crippen LogP contribution >= 0.6 is 11.3 Å². The van der Waals surface area contributed by atoms with Crippen LogP contribution in [0.25, 0.3) is 20.2 Å². The van der Waals surface area contributed by atoms with E-state index in [4.69, 9.17) is 5.11 Å². The highest BCUT2D eigenvalue weighted by Gasteiger charge is 2.11. The molecule has 0 saturated heterocycles. The molecule has 2 aromatic carbocycles. The van der Waals surface area contributed by atoms with E-state index in [9.17, 15) is 4.79 Å². The summed E-state index contributed by atoms with van der Waals surface area (Å²) in [6.07, 6.45) is 0. The van der Waals surface area contributed by atoms with Gasteiger partial charge in [-0.15, -0.1) is 11.3 Å². The maximum atomic E-state index is 12.6. The fourth-order valence-electron chi connectivity index (χ4n) is 2.35. The Morgan fingerprint density at radius 1 is 1.05 bits per heavy atom. The van der Waals surface area contributed by atoms with E-state index in [0.717, 1.165) is 25.7 Å². The molecule has 0 aliphatic heterocycles. The molecule has 1 aromatic heterocycles. The van der Waals surface area contributed by atoms with E-state index in [-0.39, 0.29) is 12.0 Å². The first-order valence-corrected chi connectivity index (χ1v) is 7.97. The van der Waals surface area contributed by atoms with Gasteiger partial charge in [0.1, 0.15) is 0 Å². The minimum absolute atomic E-state index is 0.170. The SMILES string of the molecule is CC(C)c1cccc2sc3ccccc3c(=O)c12.CCO. The van der Waals surface area contributed by atoms with Gasteiger partial charge in [-0.25, -0.2) is 0 Å². The topological polar surface area (TPSA) is 37.3 Å². The Morgan fingerprint density at radius 3 is 2.33 bits per heavy atom. The number of benzene rings is 2. The van der Waals surface area contributed by atoms with Crippen molar-refractivity contribution in [3.8, 4) is 0 Å². The standard InChI is InChI=1S/C16H14OS.C2H6O/c1-10(2)11-7-5-9-14-15(11)16(17)12-6-3-4-8-13(12)18-14;1-2-3/h3-10H,1-2H3;3H,2H2,1H3. The van der Waals surface area contributed by atoms with Crippen molar-refractivity contribution in [2.75, 3.05) is 6.61 Å². The zero-order valence-corrected chi connectivity index (χ0v) is 13.4. The minimum atomic E-state index is 0.170. The van der Waals surface area contributed by atoms with Crippen molar-refractivity contribution in [1.82, 2.24) is 0 Å². The van der Waals surface area contributed by atoms with Gasteiger partial charge in [-0.2, -0.15) is 0 Å². The van der Waals surface area contributed by atoms with E-state index in [0.29, 0.717) is 5.92 Å². The van der Waals surface area contributed by atoms with Gasteiger partial charge in [-0.05, 0) is 36.6 Å². The zero-order valence-electron chi connectivity index (χ0n) is 12.6. The summed E-state index contributed by atoms with van der Waals surface area (Å²) in [5.41, 5.74) is 1.32. The fraction of sp³-hybridized carbons (Fsp3) is 0.278. The van der Waals surface area contributed by atoms with Gasteiger partial charge in [-0.3, -0.25) is 4.79 Å². The molecular weight excluding hydrogens is 280 g/mol. The van der Waals surface area contributed by atoms with Crippen molar-refractivity contribution in [2.45, 2.75) is 26.7 Å². The molecule has 21 heavy (non-hydrogen) atoms. The normalized spacial score (nSPS) is 10.7. The summed E-state index contributed by atoms with van der Waals surface area (Å²) in [6.45, 7) is 6.20. The molecule has 0 radical (unpaired) electrons. The number of rotatable bonds is 1. The lowest BCUT2D eigenvalue weighted by Crippen LogP contribution is -2.05. The van der Waals surface area contributed by atoms with E-state index >= 15 is 0 Å². The van der Waals surface area contributed by atoms with Crippen LogP contribution in [0.1, 0.15) is 32.3 Å². The first kappa shape index (κ1) is 15.7. The van der Waals surface area contributed by atoms with E-state index in [1.807, 2.05) is 36.4 Å². The quantitative estimate of drug-likeness (QED) is 0.670. The number of hydrogen-bond acceptors (Lipinski definition) is 3. The smallest absolute Gasteiger partial charge is 0.196 e. The first-order valence-electron chi connectivity index (χ1n) is 7.15. The van der Waals surface area contributed by atoms with Crippen LogP contribution in [0, 0.1) is 0 Å². The number of aliphatic hydroxyl groups excluding tert-OH is 1. The third-order valence-corrected chi connectivity index (χ3v) is 4.40. The summed E-state index contributed by atoms with van der Waals surface area (Å²) in [4.78, 5) is 12.6. The minimum Gasteiger partial charge on any atom is -0.397 e. The molecule has 1 heterocycles. The third-order valence-electron chi connectivity index (χ3n) is 3.26.